The highest BCUT2D eigenvalue weighted by molar-refractivity contribution is 5.80. The minimum atomic E-state index is 0.252. The number of likely N-dealkylation sites (tertiary alicyclic amines) is 1. The maximum absolute atomic E-state index is 12.0. The van der Waals surface area contributed by atoms with Crippen molar-refractivity contribution in [2.24, 2.45) is 0 Å². The van der Waals surface area contributed by atoms with Crippen molar-refractivity contribution >= 4 is 5.91 Å². The Hall–Kier alpha value is -2.14. The Kier molecular flexibility index (Phi) is 3.65. The second-order valence-electron chi connectivity index (χ2n) is 6.53. The summed E-state index contributed by atoms with van der Waals surface area (Å²) in [6.45, 7) is 3.60. The number of carbonyl (C=O) groups is 1. The Balaban J connectivity index is 1.45. The summed E-state index contributed by atoms with van der Waals surface area (Å²) < 4.78 is 2.17. The monoisotopic (exact) mass is 310 g/mol. The number of benzene rings is 1. The lowest BCUT2D eigenvalue weighted by Crippen LogP contribution is -2.33. The second kappa shape index (κ2) is 5.81. The van der Waals surface area contributed by atoms with Crippen molar-refractivity contribution < 1.29 is 4.79 Å². The number of imidazole rings is 1. The number of hydrogen-bond donors (Lipinski definition) is 1. The van der Waals surface area contributed by atoms with E-state index in [4.69, 9.17) is 0 Å². The summed E-state index contributed by atoms with van der Waals surface area (Å²) in [5.41, 5.74) is 2.26. The van der Waals surface area contributed by atoms with Crippen LogP contribution in [0.2, 0.25) is 0 Å². The van der Waals surface area contributed by atoms with E-state index in [1.807, 2.05) is 31.3 Å². The topological polar surface area (TPSA) is 50.2 Å². The number of amides is 1. The van der Waals surface area contributed by atoms with Crippen LogP contribution in [-0.2, 0) is 11.3 Å². The highest BCUT2D eigenvalue weighted by Crippen LogP contribution is 2.30. The molecule has 2 heterocycles. The molecule has 2 aliphatic rings. The molecular formula is C18H22N4O. The molecule has 0 bridgehead atoms. The Morgan fingerprint density at radius 1 is 1.26 bits per heavy atom. The van der Waals surface area contributed by atoms with E-state index in [9.17, 15) is 4.79 Å². The van der Waals surface area contributed by atoms with Gasteiger partial charge in [0.1, 0.15) is 5.82 Å². The molecule has 1 saturated carbocycles. The van der Waals surface area contributed by atoms with Gasteiger partial charge in [-0.1, -0.05) is 18.2 Å². The fraction of sp³-hybridized carbons (Fsp3) is 0.444. The normalized spacial score (nSPS) is 21.2. The average molecular weight is 310 g/mol. The van der Waals surface area contributed by atoms with Gasteiger partial charge in [-0.25, -0.2) is 4.98 Å². The first kappa shape index (κ1) is 14.5. The third-order valence-corrected chi connectivity index (χ3v) is 4.74. The number of carbonyl (C=O) groups excluding carboxylic acids is 1. The van der Waals surface area contributed by atoms with Crippen molar-refractivity contribution in [3.05, 3.63) is 48.0 Å². The third kappa shape index (κ3) is 2.88. The zero-order chi connectivity index (χ0) is 15.8. The van der Waals surface area contributed by atoms with Gasteiger partial charge in [0.25, 0.3) is 0 Å². The van der Waals surface area contributed by atoms with Gasteiger partial charge in [0.05, 0.1) is 11.9 Å². The predicted molar refractivity (Wildman–Crippen MR) is 88.3 cm³/mol. The summed E-state index contributed by atoms with van der Waals surface area (Å²) in [5, 5.41) is 3.54. The van der Waals surface area contributed by atoms with Crippen molar-refractivity contribution in [2.75, 3.05) is 6.54 Å². The van der Waals surface area contributed by atoms with Crippen LogP contribution in [0.25, 0.3) is 5.69 Å². The van der Waals surface area contributed by atoms with Crippen LogP contribution in [0.15, 0.2) is 36.5 Å². The van der Waals surface area contributed by atoms with E-state index in [2.05, 4.69) is 31.9 Å². The van der Waals surface area contributed by atoms with Gasteiger partial charge in [-0.15, -0.1) is 0 Å². The lowest BCUT2D eigenvalue weighted by molar-refractivity contribution is -0.128. The van der Waals surface area contributed by atoms with Gasteiger partial charge >= 0.3 is 0 Å². The fourth-order valence-electron chi connectivity index (χ4n) is 3.40. The molecule has 1 unspecified atom stereocenters. The van der Waals surface area contributed by atoms with Crippen LogP contribution in [0.1, 0.15) is 30.8 Å². The maximum atomic E-state index is 12.0. The molecule has 5 heteroatoms. The van der Waals surface area contributed by atoms with Gasteiger partial charge in [-0.3, -0.25) is 9.36 Å². The molecule has 23 heavy (non-hydrogen) atoms. The number of para-hydroxylation sites is 1. The van der Waals surface area contributed by atoms with Crippen LogP contribution in [0, 0.1) is 6.92 Å². The molecular weight excluding hydrogens is 288 g/mol. The van der Waals surface area contributed by atoms with E-state index >= 15 is 0 Å². The Morgan fingerprint density at radius 3 is 2.78 bits per heavy atom. The molecule has 0 radical (unpaired) electrons. The molecule has 0 spiro atoms. The summed E-state index contributed by atoms with van der Waals surface area (Å²) in [4.78, 5) is 18.5. The lowest BCUT2D eigenvalue weighted by atomic mass is 10.2. The molecule has 1 N–H and O–H groups in total. The number of nitrogens with one attached hydrogen (secondary N) is 1. The average Bonchev–Trinajstić information content (AvgIpc) is 3.24. The number of aryl methyl sites for hydroxylation is 1. The highest BCUT2D eigenvalue weighted by atomic mass is 16.2. The van der Waals surface area contributed by atoms with Crippen molar-refractivity contribution in [3.8, 4) is 5.69 Å². The van der Waals surface area contributed by atoms with Gasteiger partial charge in [0.15, 0.2) is 0 Å². The van der Waals surface area contributed by atoms with Crippen LogP contribution in [0.5, 0.6) is 0 Å². The minimum Gasteiger partial charge on any atom is -0.338 e. The van der Waals surface area contributed by atoms with Gasteiger partial charge in [-0.2, -0.15) is 0 Å². The van der Waals surface area contributed by atoms with Gasteiger partial charge in [0.2, 0.25) is 5.91 Å². The second-order valence-corrected chi connectivity index (χ2v) is 6.53. The lowest BCUT2D eigenvalue weighted by Gasteiger charge is -2.17. The van der Waals surface area contributed by atoms with Crippen LogP contribution in [0.3, 0.4) is 0 Å². The van der Waals surface area contributed by atoms with Gasteiger partial charge < -0.3 is 10.2 Å². The van der Waals surface area contributed by atoms with E-state index < -0.39 is 0 Å². The zero-order valence-corrected chi connectivity index (χ0v) is 13.4. The summed E-state index contributed by atoms with van der Waals surface area (Å²) in [6, 6.07) is 11.0. The molecule has 2 aromatic rings. The summed E-state index contributed by atoms with van der Waals surface area (Å²) >= 11 is 0. The first-order valence-corrected chi connectivity index (χ1v) is 8.34. The van der Waals surface area contributed by atoms with Crippen molar-refractivity contribution in [1.82, 2.24) is 19.8 Å². The Labute approximate surface area is 136 Å². The number of rotatable bonds is 5. The molecule has 120 valence electrons. The van der Waals surface area contributed by atoms with Crippen LogP contribution >= 0.6 is 0 Å². The van der Waals surface area contributed by atoms with Crippen molar-refractivity contribution in [2.45, 2.75) is 44.8 Å². The third-order valence-electron chi connectivity index (χ3n) is 4.74. The molecule has 1 amide bonds. The molecule has 1 aromatic carbocycles. The molecule has 1 aliphatic carbocycles. The molecule has 1 atom stereocenters. The van der Waals surface area contributed by atoms with Crippen molar-refractivity contribution in [3.63, 3.8) is 0 Å². The van der Waals surface area contributed by atoms with Gasteiger partial charge in [-0.05, 0) is 31.9 Å². The Morgan fingerprint density at radius 2 is 2.04 bits per heavy atom. The largest absolute Gasteiger partial charge is 0.338 e. The molecule has 1 saturated heterocycles. The zero-order valence-electron chi connectivity index (χ0n) is 13.4. The standard InChI is InChI=1S/C18H22N4O/c1-13-19-10-17(22(13)16-5-3-2-4-6-16)11-20-14-9-18(23)21(12-14)15-7-8-15/h2-6,10,14-15,20H,7-9,11-12H2,1H3. The minimum absolute atomic E-state index is 0.252. The first-order valence-electron chi connectivity index (χ1n) is 8.34. The predicted octanol–water partition coefficient (Wildman–Crippen LogP) is 2.03. The van der Waals surface area contributed by atoms with Gasteiger partial charge in [0, 0.05) is 37.3 Å². The van der Waals surface area contributed by atoms with Crippen LogP contribution in [0.4, 0.5) is 0 Å². The number of hydrogen-bond acceptors (Lipinski definition) is 3. The summed E-state index contributed by atoms with van der Waals surface area (Å²) in [7, 11) is 0. The van der Waals surface area contributed by atoms with Crippen molar-refractivity contribution in [1.29, 1.82) is 0 Å². The summed E-state index contributed by atoms with van der Waals surface area (Å²) in [6.07, 6.45) is 4.90. The van der Waals surface area contributed by atoms with Crippen LogP contribution < -0.4 is 5.32 Å². The quantitative estimate of drug-likeness (QED) is 0.919. The number of aromatic nitrogens is 2. The summed E-state index contributed by atoms with van der Waals surface area (Å²) in [5.74, 6) is 1.29. The number of nitrogens with zero attached hydrogens (tertiary/aromatic N) is 3. The molecule has 5 nitrogen and oxygen atoms in total. The van der Waals surface area contributed by atoms with E-state index in [1.54, 1.807) is 0 Å². The van der Waals surface area contributed by atoms with E-state index in [-0.39, 0.29) is 6.04 Å². The van der Waals surface area contributed by atoms with E-state index in [0.717, 1.165) is 30.3 Å². The van der Waals surface area contributed by atoms with E-state index in [0.29, 0.717) is 18.4 Å². The maximum Gasteiger partial charge on any atom is 0.224 e. The SMILES string of the molecule is Cc1ncc(CNC2CC(=O)N(C3CC3)C2)n1-c1ccccc1. The molecule has 1 aromatic heterocycles. The first-order chi connectivity index (χ1) is 11.2. The molecule has 4 rings (SSSR count). The molecule has 2 fully saturated rings. The fourth-order valence-corrected chi connectivity index (χ4v) is 3.40. The van der Waals surface area contributed by atoms with E-state index in [1.165, 1.54) is 12.8 Å². The van der Waals surface area contributed by atoms with Crippen LogP contribution in [-0.4, -0.2) is 39.0 Å². The molecule has 1 aliphatic heterocycles. The smallest absolute Gasteiger partial charge is 0.224 e. The highest BCUT2D eigenvalue weighted by Gasteiger charge is 2.39. The Bertz CT molecular complexity index is 705.